The highest BCUT2D eigenvalue weighted by Crippen LogP contribution is 2.29. The number of aryl methyl sites for hydroxylation is 1. The second kappa shape index (κ2) is 8.32. The molecule has 1 N–H and O–H groups in total. The van der Waals surface area contributed by atoms with Gasteiger partial charge in [0.1, 0.15) is 5.57 Å². The molecule has 0 atom stereocenters. The highest BCUT2D eigenvalue weighted by molar-refractivity contribution is 6.39. The number of halogens is 1. The molecule has 168 valence electrons. The normalized spacial score (nSPS) is 15.3. The molecule has 0 unspecified atom stereocenters. The standard InChI is InChI=1S/C27H20ClN3O3/c1-16-14-19(17(2)30(16)24-9-5-7-18-6-3-4-8-22(18)24)15-23-25(32)29-27(34)31(26(23)33)21-12-10-20(28)11-13-21/h3-15H,1-2H3,(H,29,32,34). The van der Waals surface area contributed by atoms with E-state index < -0.39 is 17.8 Å². The van der Waals surface area contributed by atoms with Crippen LogP contribution in [0.15, 0.2) is 78.4 Å². The number of hydrogen-bond acceptors (Lipinski definition) is 3. The Kier molecular flexibility index (Phi) is 5.30. The lowest BCUT2D eigenvalue weighted by atomic mass is 10.1. The molecule has 1 aliphatic rings. The topological polar surface area (TPSA) is 71.4 Å². The number of amides is 4. The van der Waals surface area contributed by atoms with Gasteiger partial charge in [-0.1, -0.05) is 48.0 Å². The lowest BCUT2D eigenvalue weighted by Gasteiger charge is -2.26. The van der Waals surface area contributed by atoms with Crippen molar-refractivity contribution in [3.05, 3.63) is 100 Å². The zero-order valence-electron chi connectivity index (χ0n) is 18.5. The molecule has 1 aromatic heterocycles. The minimum absolute atomic E-state index is 0.118. The number of nitrogens with one attached hydrogen (secondary N) is 1. The van der Waals surface area contributed by atoms with Gasteiger partial charge in [-0.15, -0.1) is 0 Å². The van der Waals surface area contributed by atoms with Crippen LogP contribution < -0.4 is 10.2 Å². The number of rotatable bonds is 3. The van der Waals surface area contributed by atoms with Gasteiger partial charge in [-0.3, -0.25) is 14.9 Å². The van der Waals surface area contributed by atoms with Crippen molar-refractivity contribution >= 4 is 52.0 Å². The summed E-state index contributed by atoms with van der Waals surface area (Å²) in [4.78, 5) is 39.2. The van der Waals surface area contributed by atoms with Crippen LogP contribution in [-0.4, -0.2) is 22.4 Å². The van der Waals surface area contributed by atoms with Crippen LogP contribution in [0.5, 0.6) is 0 Å². The van der Waals surface area contributed by atoms with Gasteiger partial charge in [-0.2, -0.15) is 0 Å². The van der Waals surface area contributed by atoms with Crippen LogP contribution in [0.25, 0.3) is 22.5 Å². The second-order valence-corrected chi connectivity index (χ2v) is 8.53. The van der Waals surface area contributed by atoms with Gasteiger partial charge in [0.25, 0.3) is 11.8 Å². The summed E-state index contributed by atoms with van der Waals surface area (Å²) in [5.74, 6) is -1.42. The van der Waals surface area contributed by atoms with Crippen LogP contribution in [0.3, 0.4) is 0 Å². The number of carbonyl (C=O) groups excluding carboxylic acids is 3. The van der Waals surface area contributed by atoms with Gasteiger partial charge in [-0.25, -0.2) is 9.69 Å². The van der Waals surface area contributed by atoms with E-state index in [-0.39, 0.29) is 5.57 Å². The van der Waals surface area contributed by atoms with E-state index in [1.165, 1.54) is 6.08 Å². The van der Waals surface area contributed by atoms with Crippen LogP contribution in [0.4, 0.5) is 10.5 Å². The van der Waals surface area contributed by atoms with Gasteiger partial charge in [0.15, 0.2) is 0 Å². The zero-order valence-corrected chi connectivity index (χ0v) is 19.3. The predicted molar refractivity (Wildman–Crippen MR) is 133 cm³/mol. The van der Waals surface area contributed by atoms with E-state index in [1.807, 2.05) is 44.2 Å². The maximum Gasteiger partial charge on any atom is 0.335 e. The number of anilines is 1. The first-order valence-corrected chi connectivity index (χ1v) is 11.1. The summed E-state index contributed by atoms with van der Waals surface area (Å²) < 4.78 is 2.10. The highest BCUT2D eigenvalue weighted by Gasteiger charge is 2.37. The van der Waals surface area contributed by atoms with E-state index in [0.717, 1.165) is 32.7 Å². The first-order chi connectivity index (χ1) is 16.3. The van der Waals surface area contributed by atoms with Crippen LogP contribution >= 0.6 is 11.6 Å². The summed E-state index contributed by atoms with van der Waals surface area (Å²) in [5.41, 5.74) is 3.76. The number of aromatic nitrogens is 1. The van der Waals surface area contributed by atoms with E-state index in [2.05, 4.69) is 28.1 Å². The molecule has 0 spiro atoms. The quantitative estimate of drug-likeness (QED) is 0.315. The van der Waals surface area contributed by atoms with Crippen LogP contribution in [-0.2, 0) is 9.59 Å². The van der Waals surface area contributed by atoms with E-state index in [9.17, 15) is 14.4 Å². The molecule has 3 aromatic carbocycles. The fraction of sp³-hybridized carbons (Fsp3) is 0.0741. The lowest BCUT2D eigenvalue weighted by Crippen LogP contribution is -2.54. The molecule has 1 fully saturated rings. The molecule has 7 heteroatoms. The van der Waals surface area contributed by atoms with E-state index in [0.29, 0.717) is 16.3 Å². The SMILES string of the molecule is Cc1cc(C=C2C(=O)NC(=O)N(c3ccc(Cl)cc3)C2=O)c(C)n1-c1cccc2ccccc12. The number of barbiturate groups is 1. The molecule has 0 aliphatic carbocycles. The van der Waals surface area contributed by atoms with Crippen LogP contribution in [0, 0.1) is 13.8 Å². The Balaban J connectivity index is 1.59. The minimum atomic E-state index is -0.796. The van der Waals surface area contributed by atoms with Crippen molar-refractivity contribution in [1.82, 2.24) is 9.88 Å². The van der Waals surface area contributed by atoms with Crippen molar-refractivity contribution in [2.24, 2.45) is 0 Å². The Morgan fingerprint density at radius 1 is 0.882 bits per heavy atom. The third-order valence-electron chi connectivity index (χ3n) is 5.96. The Hall–Kier alpha value is -4.16. The molecule has 5 rings (SSSR count). The molecule has 1 saturated heterocycles. The minimum Gasteiger partial charge on any atom is -0.317 e. The van der Waals surface area contributed by atoms with Crippen molar-refractivity contribution in [3.8, 4) is 5.69 Å². The fourth-order valence-corrected chi connectivity index (χ4v) is 4.47. The number of fused-ring (bicyclic) bond motifs is 1. The van der Waals surface area contributed by atoms with Crippen molar-refractivity contribution < 1.29 is 14.4 Å². The average molecular weight is 470 g/mol. The largest absolute Gasteiger partial charge is 0.335 e. The first-order valence-electron chi connectivity index (χ1n) is 10.7. The number of urea groups is 1. The molecule has 2 heterocycles. The Labute approximate surface area is 201 Å². The smallest absolute Gasteiger partial charge is 0.317 e. The number of nitrogens with zero attached hydrogens (tertiary/aromatic N) is 2. The molecule has 4 aromatic rings. The highest BCUT2D eigenvalue weighted by atomic mass is 35.5. The van der Waals surface area contributed by atoms with Gasteiger partial charge < -0.3 is 4.57 Å². The third kappa shape index (κ3) is 3.58. The summed E-state index contributed by atoms with van der Waals surface area (Å²) in [6.45, 7) is 3.91. The Morgan fingerprint density at radius 2 is 1.59 bits per heavy atom. The van der Waals surface area contributed by atoms with E-state index in [4.69, 9.17) is 11.6 Å². The first kappa shape index (κ1) is 21.7. The molecule has 0 saturated carbocycles. The fourth-order valence-electron chi connectivity index (χ4n) is 4.35. The molecular formula is C27H20ClN3O3. The molecule has 6 nitrogen and oxygen atoms in total. The van der Waals surface area contributed by atoms with Gasteiger partial charge in [0, 0.05) is 21.8 Å². The summed E-state index contributed by atoms with van der Waals surface area (Å²) in [5, 5.41) is 4.94. The van der Waals surface area contributed by atoms with Crippen molar-refractivity contribution in [3.63, 3.8) is 0 Å². The molecule has 0 bridgehead atoms. The van der Waals surface area contributed by atoms with Crippen LogP contribution in [0.2, 0.25) is 5.02 Å². The molecule has 34 heavy (non-hydrogen) atoms. The van der Waals surface area contributed by atoms with Gasteiger partial charge in [0.05, 0.1) is 11.4 Å². The number of carbonyl (C=O) groups is 3. The monoisotopic (exact) mass is 469 g/mol. The summed E-state index contributed by atoms with van der Waals surface area (Å²) >= 11 is 5.93. The maximum absolute atomic E-state index is 13.2. The van der Waals surface area contributed by atoms with Crippen molar-refractivity contribution in [2.75, 3.05) is 4.90 Å². The molecule has 0 radical (unpaired) electrons. The third-order valence-corrected chi connectivity index (χ3v) is 6.22. The molecular weight excluding hydrogens is 450 g/mol. The predicted octanol–water partition coefficient (Wildman–Crippen LogP) is 5.57. The van der Waals surface area contributed by atoms with E-state index in [1.54, 1.807) is 24.3 Å². The average Bonchev–Trinajstić information content (AvgIpc) is 3.10. The van der Waals surface area contributed by atoms with Crippen LogP contribution in [0.1, 0.15) is 17.0 Å². The summed E-state index contributed by atoms with van der Waals surface area (Å²) in [7, 11) is 0. The van der Waals surface area contributed by atoms with E-state index >= 15 is 0 Å². The zero-order chi connectivity index (χ0) is 24.0. The number of hydrogen-bond donors (Lipinski definition) is 1. The number of imide groups is 2. The molecule has 4 amide bonds. The number of benzene rings is 3. The van der Waals surface area contributed by atoms with Crippen molar-refractivity contribution in [2.45, 2.75) is 13.8 Å². The summed E-state index contributed by atoms with van der Waals surface area (Å²) in [6.07, 6.45) is 1.54. The van der Waals surface area contributed by atoms with Crippen molar-refractivity contribution in [1.29, 1.82) is 0 Å². The lowest BCUT2D eigenvalue weighted by molar-refractivity contribution is -0.122. The second-order valence-electron chi connectivity index (χ2n) is 8.09. The van der Waals surface area contributed by atoms with Gasteiger partial charge in [-0.05, 0) is 67.3 Å². The summed E-state index contributed by atoms with van der Waals surface area (Å²) in [6, 6.07) is 21.6. The molecule has 1 aliphatic heterocycles. The Morgan fingerprint density at radius 3 is 2.35 bits per heavy atom. The van der Waals surface area contributed by atoms with Gasteiger partial charge in [0.2, 0.25) is 0 Å². The Bertz CT molecular complexity index is 1510. The van der Waals surface area contributed by atoms with Gasteiger partial charge >= 0.3 is 6.03 Å². The maximum atomic E-state index is 13.2.